The average molecular weight is 560 g/mol. The molecular formula is C32H33NO6S. The standard InChI is InChI=1S/C32H33NO6S/c1-32(2,31(36)37)40-28-21-33(22-29(34)35)30-24(9-8-12-27(28)30)16-13-23-14-17-26(18-15-23)39-20-7-6-19-38-25-10-4-3-5-11-25/h3-5,8-18,21H,6-7,19-20,22H2,1-2H3,(H,34,35)(H,36,37)/b16-13+. The maximum absolute atomic E-state index is 11.7. The van der Waals surface area contributed by atoms with E-state index in [0.717, 1.165) is 51.3 Å². The van der Waals surface area contributed by atoms with Crippen LogP contribution in [0.4, 0.5) is 0 Å². The monoisotopic (exact) mass is 559 g/mol. The van der Waals surface area contributed by atoms with Crippen molar-refractivity contribution in [3.63, 3.8) is 0 Å². The molecule has 0 aliphatic heterocycles. The lowest BCUT2D eigenvalue weighted by atomic mass is 10.1. The van der Waals surface area contributed by atoms with Crippen LogP contribution in [0.3, 0.4) is 0 Å². The van der Waals surface area contributed by atoms with Crippen molar-refractivity contribution < 1.29 is 29.3 Å². The number of hydrogen-bond acceptors (Lipinski definition) is 5. The van der Waals surface area contributed by atoms with Gasteiger partial charge in [-0.25, -0.2) is 0 Å². The van der Waals surface area contributed by atoms with Crippen molar-refractivity contribution in [3.8, 4) is 11.5 Å². The summed E-state index contributed by atoms with van der Waals surface area (Å²) >= 11 is 1.21. The number of benzene rings is 3. The van der Waals surface area contributed by atoms with Crippen LogP contribution in [0.1, 0.15) is 37.8 Å². The summed E-state index contributed by atoms with van der Waals surface area (Å²) in [5.74, 6) is -0.234. The van der Waals surface area contributed by atoms with Gasteiger partial charge >= 0.3 is 11.9 Å². The second-order valence-corrected chi connectivity index (χ2v) is 11.5. The average Bonchev–Trinajstić information content (AvgIpc) is 3.26. The molecule has 7 nitrogen and oxygen atoms in total. The second-order valence-electron chi connectivity index (χ2n) is 9.80. The molecule has 208 valence electrons. The smallest absolute Gasteiger partial charge is 0.323 e. The van der Waals surface area contributed by atoms with Gasteiger partial charge < -0.3 is 24.3 Å². The number of para-hydroxylation sites is 2. The van der Waals surface area contributed by atoms with E-state index in [1.165, 1.54) is 11.8 Å². The molecule has 1 aromatic heterocycles. The van der Waals surface area contributed by atoms with Crippen molar-refractivity contribution in [3.05, 3.63) is 90.1 Å². The molecule has 0 bridgehead atoms. The van der Waals surface area contributed by atoms with Gasteiger partial charge in [0.15, 0.2) is 0 Å². The molecule has 4 aromatic rings. The Morgan fingerprint density at radius 1 is 0.850 bits per heavy atom. The number of carbonyl (C=O) groups is 2. The lowest BCUT2D eigenvalue weighted by Crippen LogP contribution is -2.26. The second kappa shape index (κ2) is 13.3. The van der Waals surface area contributed by atoms with Crippen LogP contribution in [0, 0.1) is 0 Å². The van der Waals surface area contributed by atoms with Gasteiger partial charge in [-0.05, 0) is 62.1 Å². The largest absolute Gasteiger partial charge is 0.494 e. The third-order valence-corrected chi connectivity index (χ3v) is 7.46. The van der Waals surface area contributed by atoms with Gasteiger partial charge in [-0.1, -0.05) is 60.7 Å². The third kappa shape index (κ3) is 7.70. The van der Waals surface area contributed by atoms with Crippen LogP contribution in [0.5, 0.6) is 11.5 Å². The summed E-state index contributed by atoms with van der Waals surface area (Å²) in [6.07, 6.45) is 7.42. The van der Waals surface area contributed by atoms with Crippen LogP contribution < -0.4 is 9.47 Å². The van der Waals surface area contributed by atoms with Crippen LogP contribution in [-0.4, -0.2) is 44.7 Å². The number of aliphatic carboxylic acids is 2. The number of ether oxygens (including phenoxy) is 2. The van der Waals surface area contributed by atoms with Gasteiger partial charge in [0, 0.05) is 16.5 Å². The molecule has 0 saturated carbocycles. The molecule has 0 aliphatic rings. The molecule has 0 spiro atoms. The number of fused-ring (bicyclic) bond motifs is 1. The number of hydrogen-bond donors (Lipinski definition) is 2. The molecule has 4 rings (SSSR count). The summed E-state index contributed by atoms with van der Waals surface area (Å²) in [6, 6.07) is 23.3. The topological polar surface area (TPSA) is 98.0 Å². The summed E-state index contributed by atoms with van der Waals surface area (Å²) in [6.45, 7) is 4.31. The first-order chi connectivity index (χ1) is 19.2. The van der Waals surface area contributed by atoms with E-state index in [2.05, 4.69) is 0 Å². The highest BCUT2D eigenvalue weighted by atomic mass is 32.2. The molecule has 0 unspecified atom stereocenters. The molecule has 0 radical (unpaired) electrons. The molecule has 2 N–H and O–H groups in total. The minimum absolute atomic E-state index is 0.222. The summed E-state index contributed by atoms with van der Waals surface area (Å²) < 4.78 is 12.2. The Balaban J connectivity index is 1.40. The van der Waals surface area contributed by atoms with E-state index >= 15 is 0 Å². The number of rotatable bonds is 14. The van der Waals surface area contributed by atoms with Crippen LogP contribution in [0.2, 0.25) is 0 Å². The summed E-state index contributed by atoms with van der Waals surface area (Å²) in [4.78, 5) is 24.0. The Bertz CT molecular complexity index is 1470. The first-order valence-corrected chi connectivity index (χ1v) is 13.9. The van der Waals surface area contributed by atoms with E-state index in [0.29, 0.717) is 13.2 Å². The Hall–Kier alpha value is -4.17. The van der Waals surface area contributed by atoms with E-state index in [-0.39, 0.29) is 6.54 Å². The van der Waals surface area contributed by atoms with E-state index in [1.807, 2.05) is 84.9 Å². The third-order valence-electron chi connectivity index (χ3n) is 6.23. The van der Waals surface area contributed by atoms with Crippen LogP contribution >= 0.6 is 11.8 Å². The molecule has 3 aromatic carbocycles. The predicted octanol–water partition coefficient (Wildman–Crippen LogP) is 7.09. The maximum Gasteiger partial charge on any atom is 0.323 e. The van der Waals surface area contributed by atoms with E-state index in [9.17, 15) is 19.8 Å². The van der Waals surface area contributed by atoms with E-state index < -0.39 is 16.7 Å². The molecule has 40 heavy (non-hydrogen) atoms. The Morgan fingerprint density at radius 2 is 1.50 bits per heavy atom. The summed E-state index contributed by atoms with van der Waals surface area (Å²) in [5, 5.41) is 19.9. The van der Waals surface area contributed by atoms with Gasteiger partial charge in [-0.2, -0.15) is 0 Å². The number of carboxylic acids is 2. The Morgan fingerprint density at radius 3 is 2.12 bits per heavy atom. The van der Waals surface area contributed by atoms with E-state index in [4.69, 9.17) is 9.47 Å². The number of carboxylic acid groups (broad SMARTS) is 2. The van der Waals surface area contributed by atoms with Crippen LogP contribution in [-0.2, 0) is 16.1 Å². The zero-order valence-corrected chi connectivity index (χ0v) is 23.4. The lowest BCUT2D eigenvalue weighted by Gasteiger charge is -2.17. The maximum atomic E-state index is 11.7. The van der Waals surface area contributed by atoms with Gasteiger partial charge in [-0.3, -0.25) is 9.59 Å². The highest BCUT2D eigenvalue weighted by Crippen LogP contribution is 2.39. The molecule has 0 aliphatic carbocycles. The molecule has 0 atom stereocenters. The normalized spacial score (nSPS) is 11.7. The molecule has 0 saturated heterocycles. The zero-order chi connectivity index (χ0) is 28.5. The van der Waals surface area contributed by atoms with Crippen molar-refractivity contribution in [2.24, 2.45) is 0 Å². The Labute approximate surface area is 238 Å². The van der Waals surface area contributed by atoms with Gasteiger partial charge in [-0.15, -0.1) is 11.8 Å². The van der Waals surface area contributed by atoms with Gasteiger partial charge in [0.2, 0.25) is 0 Å². The van der Waals surface area contributed by atoms with Crippen molar-refractivity contribution in [1.82, 2.24) is 4.57 Å². The minimum Gasteiger partial charge on any atom is -0.494 e. The van der Waals surface area contributed by atoms with E-state index in [1.54, 1.807) is 24.6 Å². The quantitative estimate of drug-likeness (QED) is 0.0967. The number of aromatic nitrogens is 1. The van der Waals surface area contributed by atoms with Crippen molar-refractivity contribution >= 4 is 46.8 Å². The molecule has 0 fully saturated rings. The fourth-order valence-corrected chi connectivity index (χ4v) is 5.21. The van der Waals surface area contributed by atoms with Crippen molar-refractivity contribution in [2.45, 2.75) is 42.9 Å². The Kier molecular flexibility index (Phi) is 9.56. The number of unbranched alkanes of at least 4 members (excludes halogenated alkanes) is 1. The van der Waals surface area contributed by atoms with Crippen LogP contribution in [0.25, 0.3) is 23.1 Å². The highest BCUT2D eigenvalue weighted by molar-refractivity contribution is 8.01. The molecule has 1 heterocycles. The van der Waals surface area contributed by atoms with Crippen molar-refractivity contribution in [1.29, 1.82) is 0 Å². The molecule has 8 heteroatoms. The first-order valence-electron chi connectivity index (χ1n) is 13.1. The fourth-order valence-electron chi connectivity index (χ4n) is 4.12. The summed E-state index contributed by atoms with van der Waals surface area (Å²) in [5.41, 5.74) is 2.57. The highest BCUT2D eigenvalue weighted by Gasteiger charge is 2.30. The number of thioether (sulfide) groups is 1. The molecule has 0 amide bonds. The summed E-state index contributed by atoms with van der Waals surface area (Å²) in [7, 11) is 0. The van der Waals surface area contributed by atoms with Crippen molar-refractivity contribution in [2.75, 3.05) is 13.2 Å². The van der Waals surface area contributed by atoms with Gasteiger partial charge in [0.25, 0.3) is 0 Å². The van der Waals surface area contributed by atoms with Crippen LogP contribution in [0.15, 0.2) is 83.9 Å². The SMILES string of the molecule is CC(C)(Sc1cn(CC(=O)O)c2c(/C=C/c3ccc(OCCCCOc4ccccc4)cc3)cccc12)C(=O)O. The lowest BCUT2D eigenvalue weighted by molar-refractivity contribution is -0.139. The zero-order valence-electron chi connectivity index (χ0n) is 22.6. The number of nitrogens with zero attached hydrogens (tertiary/aromatic N) is 1. The predicted molar refractivity (Wildman–Crippen MR) is 159 cm³/mol. The molecular weight excluding hydrogens is 526 g/mol. The fraction of sp³-hybridized carbons (Fsp3) is 0.250. The van der Waals surface area contributed by atoms with Gasteiger partial charge in [0.1, 0.15) is 22.8 Å². The minimum atomic E-state index is -1.06. The first kappa shape index (κ1) is 28.8. The van der Waals surface area contributed by atoms with Gasteiger partial charge in [0.05, 0.1) is 18.7 Å².